The van der Waals surface area contributed by atoms with Crippen molar-refractivity contribution < 1.29 is 9.90 Å². The van der Waals surface area contributed by atoms with Crippen LogP contribution in [0.2, 0.25) is 0 Å². The van der Waals surface area contributed by atoms with Crippen LogP contribution >= 0.6 is 0 Å². The van der Waals surface area contributed by atoms with Crippen molar-refractivity contribution in [2.45, 2.75) is 19.4 Å². The van der Waals surface area contributed by atoms with E-state index < -0.39 is 0 Å². The Bertz CT molecular complexity index is 537. The molecule has 19 heavy (non-hydrogen) atoms. The summed E-state index contributed by atoms with van der Waals surface area (Å²) in [5.74, 6) is -0.192. The fraction of sp³-hybridized carbons (Fsp3) is 0.286. The fourth-order valence-corrected chi connectivity index (χ4v) is 1.82. The minimum Gasteiger partial charge on any atom is -0.396 e. The first-order valence-electron chi connectivity index (χ1n) is 6.22. The number of amides is 1. The van der Waals surface area contributed by atoms with E-state index in [1.165, 1.54) is 6.20 Å². The minimum absolute atomic E-state index is 0.0550. The maximum atomic E-state index is 12.1. The smallest absolute Gasteiger partial charge is 0.270 e. The van der Waals surface area contributed by atoms with E-state index in [1.807, 2.05) is 37.3 Å². The van der Waals surface area contributed by atoms with Crippen LogP contribution in [0, 0.1) is 0 Å². The van der Waals surface area contributed by atoms with E-state index >= 15 is 0 Å². The second kappa shape index (κ2) is 6.15. The number of nitrogens with one attached hydrogen (secondary N) is 1. The Labute approximate surface area is 111 Å². The highest BCUT2D eigenvalue weighted by Gasteiger charge is 2.14. The monoisotopic (exact) mass is 259 g/mol. The molecule has 5 heteroatoms. The second-order valence-corrected chi connectivity index (χ2v) is 4.37. The molecule has 1 aromatic heterocycles. The molecule has 0 bridgehead atoms. The molecule has 100 valence electrons. The van der Waals surface area contributed by atoms with Crippen molar-refractivity contribution in [3.8, 4) is 5.69 Å². The average molecular weight is 259 g/mol. The molecular formula is C14H17N3O2. The summed E-state index contributed by atoms with van der Waals surface area (Å²) in [6, 6.07) is 9.49. The van der Waals surface area contributed by atoms with Gasteiger partial charge in [0.15, 0.2) is 0 Å². The van der Waals surface area contributed by atoms with E-state index in [0.717, 1.165) is 5.69 Å². The number of carbonyl (C=O) groups excluding carboxylic acids is 1. The van der Waals surface area contributed by atoms with Crippen LogP contribution in [0.25, 0.3) is 5.69 Å². The molecule has 0 aliphatic carbocycles. The molecule has 1 atom stereocenters. The van der Waals surface area contributed by atoms with E-state index in [1.54, 1.807) is 10.9 Å². The zero-order valence-corrected chi connectivity index (χ0v) is 10.8. The molecule has 0 spiro atoms. The number of aliphatic hydroxyl groups is 1. The van der Waals surface area contributed by atoms with Gasteiger partial charge in [0.2, 0.25) is 0 Å². The van der Waals surface area contributed by atoms with E-state index in [2.05, 4.69) is 10.3 Å². The number of carbonyl (C=O) groups is 1. The molecule has 0 saturated carbocycles. The number of aromatic nitrogens is 2. The predicted octanol–water partition coefficient (Wildman–Crippen LogP) is 1.37. The van der Waals surface area contributed by atoms with Gasteiger partial charge in [-0.2, -0.15) is 0 Å². The Morgan fingerprint density at radius 3 is 2.84 bits per heavy atom. The Morgan fingerprint density at radius 2 is 2.16 bits per heavy atom. The topological polar surface area (TPSA) is 67.2 Å². The van der Waals surface area contributed by atoms with Gasteiger partial charge in [0.1, 0.15) is 5.69 Å². The Morgan fingerprint density at radius 1 is 1.42 bits per heavy atom. The van der Waals surface area contributed by atoms with Crippen molar-refractivity contribution in [2.75, 3.05) is 6.61 Å². The lowest BCUT2D eigenvalue weighted by atomic mass is 10.2. The summed E-state index contributed by atoms with van der Waals surface area (Å²) in [5.41, 5.74) is 1.37. The third-order valence-electron chi connectivity index (χ3n) is 2.85. The maximum Gasteiger partial charge on any atom is 0.270 e. The molecule has 1 heterocycles. The lowest BCUT2D eigenvalue weighted by Crippen LogP contribution is -2.34. The van der Waals surface area contributed by atoms with Crippen LogP contribution in [0.5, 0.6) is 0 Å². The Balaban J connectivity index is 2.18. The highest BCUT2D eigenvalue weighted by molar-refractivity contribution is 5.93. The van der Waals surface area contributed by atoms with E-state index in [4.69, 9.17) is 5.11 Å². The number of nitrogens with zero attached hydrogens (tertiary/aromatic N) is 2. The largest absolute Gasteiger partial charge is 0.396 e. The fourth-order valence-electron chi connectivity index (χ4n) is 1.82. The van der Waals surface area contributed by atoms with Crippen molar-refractivity contribution >= 4 is 5.91 Å². The van der Waals surface area contributed by atoms with Crippen molar-refractivity contribution in [2.24, 2.45) is 0 Å². The van der Waals surface area contributed by atoms with Crippen molar-refractivity contribution in [1.29, 1.82) is 0 Å². The highest BCUT2D eigenvalue weighted by Crippen LogP contribution is 2.10. The van der Waals surface area contributed by atoms with Crippen LogP contribution in [0.15, 0.2) is 42.9 Å². The van der Waals surface area contributed by atoms with Crippen LogP contribution in [0.1, 0.15) is 23.8 Å². The van der Waals surface area contributed by atoms with E-state index in [-0.39, 0.29) is 18.6 Å². The first-order chi connectivity index (χ1) is 9.22. The van der Waals surface area contributed by atoms with Gasteiger partial charge in [0, 0.05) is 18.3 Å². The second-order valence-electron chi connectivity index (χ2n) is 4.37. The zero-order chi connectivity index (χ0) is 13.7. The van der Waals surface area contributed by atoms with Gasteiger partial charge in [-0.05, 0) is 25.5 Å². The van der Waals surface area contributed by atoms with Gasteiger partial charge in [-0.1, -0.05) is 18.2 Å². The first kappa shape index (κ1) is 13.3. The number of hydrogen-bond donors (Lipinski definition) is 2. The quantitative estimate of drug-likeness (QED) is 0.852. The molecule has 2 rings (SSSR count). The third-order valence-corrected chi connectivity index (χ3v) is 2.85. The summed E-state index contributed by atoms with van der Waals surface area (Å²) in [4.78, 5) is 16.2. The lowest BCUT2D eigenvalue weighted by molar-refractivity contribution is 0.0927. The number of para-hydroxylation sites is 1. The minimum atomic E-state index is -0.192. The molecule has 1 aromatic carbocycles. The van der Waals surface area contributed by atoms with E-state index in [9.17, 15) is 4.79 Å². The SMILES string of the molecule is CC(CCO)NC(=O)c1cncn1-c1ccccc1. The normalized spacial score (nSPS) is 12.1. The molecule has 0 aliphatic rings. The van der Waals surface area contributed by atoms with Gasteiger partial charge < -0.3 is 10.4 Å². The molecule has 0 aliphatic heterocycles. The molecule has 1 unspecified atom stereocenters. The van der Waals surface area contributed by atoms with Crippen LogP contribution < -0.4 is 5.32 Å². The summed E-state index contributed by atoms with van der Waals surface area (Å²) < 4.78 is 1.74. The number of hydrogen-bond acceptors (Lipinski definition) is 3. The van der Waals surface area contributed by atoms with Gasteiger partial charge >= 0.3 is 0 Å². The molecule has 0 fully saturated rings. The van der Waals surface area contributed by atoms with Gasteiger partial charge in [0.05, 0.1) is 12.5 Å². The molecule has 2 aromatic rings. The predicted molar refractivity (Wildman–Crippen MR) is 72.2 cm³/mol. The van der Waals surface area contributed by atoms with Crippen molar-refractivity contribution in [3.05, 3.63) is 48.5 Å². The van der Waals surface area contributed by atoms with Crippen LogP contribution in [-0.4, -0.2) is 33.2 Å². The summed E-state index contributed by atoms with van der Waals surface area (Å²) in [5, 5.41) is 11.7. The van der Waals surface area contributed by atoms with Crippen molar-refractivity contribution in [1.82, 2.24) is 14.9 Å². The average Bonchev–Trinajstić information content (AvgIpc) is 2.89. The lowest BCUT2D eigenvalue weighted by Gasteiger charge is -2.13. The van der Waals surface area contributed by atoms with Crippen LogP contribution in [0.4, 0.5) is 0 Å². The number of benzene rings is 1. The van der Waals surface area contributed by atoms with Gasteiger partial charge in [-0.25, -0.2) is 4.98 Å². The molecule has 1 amide bonds. The number of aliphatic hydroxyl groups excluding tert-OH is 1. The molecular weight excluding hydrogens is 242 g/mol. The highest BCUT2D eigenvalue weighted by atomic mass is 16.3. The standard InChI is InChI=1S/C14H17N3O2/c1-11(7-8-18)16-14(19)13-9-15-10-17(13)12-5-3-2-4-6-12/h2-6,9-11,18H,7-8H2,1H3,(H,16,19). The summed E-state index contributed by atoms with van der Waals surface area (Å²) in [6.45, 7) is 1.91. The Kier molecular flexibility index (Phi) is 4.30. The van der Waals surface area contributed by atoms with Crippen LogP contribution in [-0.2, 0) is 0 Å². The van der Waals surface area contributed by atoms with Gasteiger partial charge in [-0.3, -0.25) is 9.36 Å². The molecule has 5 nitrogen and oxygen atoms in total. The maximum absolute atomic E-state index is 12.1. The van der Waals surface area contributed by atoms with Gasteiger partial charge in [0.25, 0.3) is 5.91 Å². The van der Waals surface area contributed by atoms with Gasteiger partial charge in [-0.15, -0.1) is 0 Å². The summed E-state index contributed by atoms with van der Waals surface area (Å²) in [6.07, 6.45) is 3.68. The Hall–Kier alpha value is -2.14. The summed E-state index contributed by atoms with van der Waals surface area (Å²) >= 11 is 0. The first-order valence-corrected chi connectivity index (χ1v) is 6.22. The van der Waals surface area contributed by atoms with Crippen molar-refractivity contribution in [3.63, 3.8) is 0 Å². The molecule has 2 N–H and O–H groups in total. The number of rotatable bonds is 5. The third kappa shape index (κ3) is 3.20. The molecule has 0 saturated heterocycles. The zero-order valence-electron chi connectivity index (χ0n) is 10.8. The number of imidazole rings is 1. The van der Waals surface area contributed by atoms with E-state index in [0.29, 0.717) is 12.1 Å². The summed E-state index contributed by atoms with van der Waals surface area (Å²) in [7, 11) is 0. The van der Waals surface area contributed by atoms with Crippen LogP contribution in [0.3, 0.4) is 0 Å². The molecule has 0 radical (unpaired) electrons.